The van der Waals surface area contributed by atoms with E-state index in [0.717, 1.165) is 11.5 Å². The first kappa shape index (κ1) is 10.9. The fraction of sp³-hybridized carbons (Fsp3) is 0.500. The molecule has 0 aliphatic carbocycles. The van der Waals surface area contributed by atoms with E-state index in [1.165, 1.54) is 11.1 Å². The molecule has 1 aromatic rings. The summed E-state index contributed by atoms with van der Waals surface area (Å²) in [5.74, 6) is 0. The van der Waals surface area contributed by atoms with Crippen molar-refractivity contribution in [3.8, 4) is 0 Å². The van der Waals surface area contributed by atoms with Crippen LogP contribution in [0.1, 0.15) is 31.9 Å². The molecule has 0 N–H and O–H groups in total. The average Bonchev–Trinajstić information content (AvgIpc) is 2.03. The summed E-state index contributed by atoms with van der Waals surface area (Å²) in [6, 6.07) is 8.98. The molecule has 0 saturated carbocycles. The van der Waals surface area contributed by atoms with Gasteiger partial charge in [-0.1, -0.05) is 0 Å². The predicted octanol–water partition coefficient (Wildman–Crippen LogP) is 2.94. The predicted molar refractivity (Wildman–Crippen MR) is 59.1 cm³/mol. The van der Waals surface area contributed by atoms with Gasteiger partial charge in [-0.3, -0.25) is 0 Å². The van der Waals surface area contributed by atoms with Gasteiger partial charge in [-0.25, -0.2) is 0 Å². The van der Waals surface area contributed by atoms with Crippen LogP contribution < -0.4 is 0 Å². The molecule has 0 amide bonds. The minimum atomic E-state index is 0.397. The van der Waals surface area contributed by atoms with Gasteiger partial charge < -0.3 is 0 Å². The molecule has 0 fully saturated rings. The minimum absolute atomic E-state index is 0.397. The maximum absolute atomic E-state index is 2.28. The molecule has 0 aliphatic heterocycles. The van der Waals surface area contributed by atoms with Gasteiger partial charge in [0, 0.05) is 0 Å². The quantitative estimate of drug-likeness (QED) is 0.595. The molecular formula is C12H17Li. The summed E-state index contributed by atoms with van der Waals surface area (Å²) in [6.07, 6.45) is 1.16. The van der Waals surface area contributed by atoms with Gasteiger partial charge in [0.25, 0.3) is 0 Å². The second kappa shape index (κ2) is 4.36. The molecular weight excluding hydrogens is 151 g/mol. The Labute approximate surface area is 90.9 Å². The van der Waals surface area contributed by atoms with Crippen molar-refractivity contribution in [2.24, 2.45) is 5.41 Å². The Hall–Kier alpha value is -0.183. The van der Waals surface area contributed by atoms with Crippen LogP contribution in [0, 0.1) is 5.41 Å². The van der Waals surface area contributed by atoms with Crippen LogP contribution in [-0.4, -0.2) is 17.7 Å². The standard InChI is InChI=1S/C12H17.Li/c1-10-5-7-11(8-6-10)9-12(2,3)4;/h5-8H,1,9H2,2-4H3;. The topological polar surface area (TPSA) is 0 Å². The summed E-state index contributed by atoms with van der Waals surface area (Å²) in [5, 5.41) is 1.13. The maximum atomic E-state index is 2.28. The first-order valence-corrected chi connectivity index (χ1v) is 5.09. The van der Waals surface area contributed by atoms with Gasteiger partial charge in [0.2, 0.25) is 0 Å². The number of rotatable bonds is 2. The van der Waals surface area contributed by atoms with Crippen LogP contribution in [0.3, 0.4) is 0 Å². The molecule has 0 aromatic heterocycles. The molecule has 0 spiro atoms. The van der Waals surface area contributed by atoms with E-state index in [-0.39, 0.29) is 0 Å². The van der Waals surface area contributed by atoms with Crippen LogP contribution in [-0.2, 0) is 11.5 Å². The first-order chi connectivity index (χ1) is 6.01. The average molecular weight is 168 g/mol. The van der Waals surface area contributed by atoms with E-state index in [9.17, 15) is 0 Å². The van der Waals surface area contributed by atoms with Crippen LogP contribution in [0.25, 0.3) is 0 Å². The molecule has 0 aliphatic rings. The van der Waals surface area contributed by atoms with Gasteiger partial charge in [0.05, 0.1) is 0 Å². The van der Waals surface area contributed by atoms with Crippen LogP contribution >= 0.6 is 0 Å². The van der Waals surface area contributed by atoms with Crippen LogP contribution in [0.2, 0.25) is 0 Å². The first-order valence-electron chi connectivity index (χ1n) is 5.09. The summed E-state index contributed by atoms with van der Waals surface area (Å²) >= 11 is 2.19. The van der Waals surface area contributed by atoms with Crippen LogP contribution in [0.15, 0.2) is 24.3 Å². The van der Waals surface area contributed by atoms with Gasteiger partial charge in [0.15, 0.2) is 0 Å². The van der Waals surface area contributed by atoms with E-state index >= 15 is 0 Å². The molecule has 0 saturated heterocycles. The van der Waals surface area contributed by atoms with Crippen molar-refractivity contribution in [1.29, 1.82) is 0 Å². The summed E-state index contributed by atoms with van der Waals surface area (Å²) in [6.45, 7) is 6.84. The van der Waals surface area contributed by atoms with Gasteiger partial charge in [-0.2, -0.15) is 0 Å². The Morgan fingerprint density at radius 3 is 1.85 bits per heavy atom. The summed E-state index contributed by atoms with van der Waals surface area (Å²) in [7, 11) is 0. The zero-order valence-corrected chi connectivity index (χ0v) is 9.22. The van der Waals surface area contributed by atoms with Crippen molar-refractivity contribution in [3.05, 3.63) is 35.4 Å². The second-order valence-electron chi connectivity index (χ2n) is 4.91. The third-order valence-corrected chi connectivity index (χ3v) is 2.17. The summed E-state index contributed by atoms with van der Waals surface area (Å²) in [4.78, 5) is 0. The van der Waals surface area contributed by atoms with Crippen molar-refractivity contribution in [3.63, 3.8) is 0 Å². The fourth-order valence-electron chi connectivity index (χ4n) is 1.51. The Morgan fingerprint density at radius 1 is 1.00 bits per heavy atom. The number of benzene rings is 1. The van der Waals surface area contributed by atoms with E-state index in [4.69, 9.17) is 0 Å². The van der Waals surface area contributed by atoms with E-state index in [2.05, 4.69) is 62.8 Å². The Kier molecular flexibility index (Phi) is 3.65. The van der Waals surface area contributed by atoms with Crippen LogP contribution in [0.4, 0.5) is 0 Å². The van der Waals surface area contributed by atoms with Gasteiger partial charge >= 0.3 is 90.8 Å². The molecule has 0 nitrogen and oxygen atoms in total. The van der Waals surface area contributed by atoms with Crippen molar-refractivity contribution in [2.45, 2.75) is 32.3 Å². The van der Waals surface area contributed by atoms with E-state index < -0.39 is 0 Å². The molecule has 1 rings (SSSR count). The van der Waals surface area contributed by atoms with Gasteiger partial charge in [-0.15, -0.1) is 0 Å². The monoisotopic (exact) mass is 168 g/mol. The zero-order chi connectivity index (χ0) is 9.90. The fourth-order valence-corrected chi connectivity index (χ4v) is 1.51. The Bertz CT molecular complexity index is 253. The zero-order valence-electron chi connectivity index (χ0n) is 9.22. The van der Waals surface area contributed by atoms with Crippen LogP contribution in [0.5, 0.6) is 0 Å². The van der Waals surface area contributed by atoms with Crippen molar-refractivity contribution >= 4 is 17.7 Å². The third-order valence-electron chi connectivity index (χ3n) is 2.17. The van der Waals surface area contributed by atoms with Gasteiger partial charge in [0.1, 0.15) is 0 Å². The number of hydrogen-bond acceptors (Lipinski definition) is 0. The molecule has 0 heterocycles. The van der Waals surface area contributed by atoms with Crippen molar-refractivity contribution < 1.29 is 0 Å². The van der Waals surface area contributed by atoms with E-state index in [1.54, 1.807) is 0 Å². The molecule has 0 radical (unpaired) electrons. The van der Waals surface area contributed by atoms with E-state index in [0.29, 0.717) is 5.41 Å². The molecule has 0 unspecified atom stereocenters. The molecule has 0 atom stereocenters. The molecule has 1 heteroatoms. The van der Waals surface area contributed by atoms with Crippen molar-refractivity contribution in [2.75, 3.05) is 0 Å². The molecule has 13 heavy (non-hydrogen) atoms. The molecule has 1 aromatic carbocycles. The molecule has 0 bridgehead atoms. The van der Waals surface area contributed by atoms with E-state index in [1.807, 2.05) is 0 Å². The van der Waals surface area contributed by atoms with Gasteiger partial charge in [-0.05, 0) is 0 Å². The summed E-state index contributed by atoms with van der Waals surface area (Å²) < 4.78 is 0. The Balaban J connectivity index is 2.70. The summed E-state index contributed by atoms with van der Waals surface area (Å²) in [5.41, 5.74) is 3.27. The SMILES string of the molecule is [Li][CH2]c1ccc(CC(C)(C)C)cc1. The normalized spacial score (nSPS) is 11.8. The Morgan fingerprint density at radius 2 is 1.46 bits per heavy atom. The third kappa shape index (κ3) is 4.03. The van der Waals surface area contributed by atoms with Crippen molar-refractivity contribution in [1.82, 2.24) is 0 Å². The number of hydrogen-bond donors (Lipinski definition) is 0. The second-order valence-corrected chi connectivity index (χ2v) is 4.91. The molecule has 66 valence electrons.